The van der Waals surface area contributed by atoms with Gasteiger partial charge in [-0.25, -0.2) is 8.42 Å². The van der Waals surface area contributed by atoms with Gasteiger partial charge < -0.3 is 15.2 Å². The number of nitrogens with one attached hydrogen (secondary N) is 2. The number of carbonyl (C=O) groups is 1. The molecule has 0 aromatic heterocycles. The molecular weight excluding hydrogens is 462 g/mol. The van der Waals surface area contributed by atoms with Gasteiger partial charge in [-0.2, -0.15) is 0 Å². The number of anilines is 2. The summed E-state index contributed by atoms with van der Waals surface area (Å²) >= 11 is 5.87. The first-order valence-electron chi connectivity index (χ1n) is 8.86. The monoisotopic (exact) mass is 477 g/mol. The van der Waals surface area contributed by atoms with Crippen molar-refractivity contribution in [3.05, 3.63) is 81.4 Å². The summed E-state index contributed by atoms with van der Waals surface area (Å²) in [5.41, 5.74) is -0.502. The van der Waals surface area contributed by atoms with Crippen LogP contribution < -0.4 is 14.8 Å². The zero-order valence-corrected chi connectivity index (χ0v) is 18.0. The Balaban J connectivity index is 1.88. The lowest BCUT2D eigenvalue weighted by Gasteiger charge is -2.12. The van der Waals surface area contributed by atoms with Crippen molar-refractivity contribution in [1.82, 2.24) is 0 Å². The number of nitrogens with zero attached hydrogens (tertiary/aromatic N) is 1. The molecule has 0 aliphatic carbocycles. The number of halogens is 1. The van der Waals surface area contributed by atoms with Crippen molar-refractivity contribution < 1.29 is 28.0 Å². The summed E-state index contributed by atoms with van der Waals surface area (Å²) in [5, 5.41) is 23.9. The molecule has 3 N–H and O–H groups in total. The number of nitro benzene ring substituents is 1. The molecule has 0 aliphatic rings. The lowest BCUT2D eigenvalue weighted by Crippen LogP contribution is -2.15. The summed E-state index contributed by atoms with van der Waals surface area (Å²) in [7, 11) is -2.82. The van der Waals surface area contributed by atoms with E-state index in [0.29, 0.717) is 5.02 Å². The molecule has 3 aromatic carbocycles. The van der Waals surface area contributed by atoms with E-state index in [1.807, 2.05) is 0 Å². The number of rotatable bonds is 7. The summed E-state index contributed by atoms with van der Waals surface area (Å²) in [4.78, 5) is 22.8. The molecule has 0 saturated heterocycles. The second-order valence-electron chi connectivity index (χ2n) is 6.39. The van der Waals surface area contributed by atoms with Crippen molar-refractivity contribution in [2.45, 2.75) is 4.90 Å². The lowest BCUT2D eigenvalue weighted by atomic mass is 10.1. The Morgan fingerprint density at radius 3 is 2.53 bits per heavy atom. The minimum absolute atomic E-state index is 0.0328. The minimum Gasteiger partial charge on any atom is -0.506 e. The van der Waals surface area contributed by atoms with Crippen molar-refractivity contribution in [2.24, 2.45) is 0 Å². The molecule has 0 fully saturated rings. The molecule has 0 atom stereocenters. The molecule has 0 radical (unpaired) electrons. The van der Waals surface area contributed by atoms with E-state index >= 15 is 0 Å². The Hall–Kier alpha value is -3.83. The van der Waals surface area contributed by atoms with Crippen LogP contribution in [0.15, 0.2) is 65.6 Å². The van der Waals surface area contributed by atoms with Crippen LogP contribution >= 0.6 is 11.6 Å². The molecule has 0 aliphatic heterocycles. The highest BCUT2D eigenvalue weighted by atomic mass is 35.5. The third-order valence-corrected chi connectivity index (χ3v) is 5.86. The van der Waals surface area contributed by atoms with Crippen LogP contribution in [0.2, 0.25) is 5.02 Å². The average Bonchev–Trinajstić information content (AvgIpc) is 2.74. The highest BCUT2D eigenvalue weighted by Crippen LogP contribution is 2.30. The average molecular weight is 478 g/mol. The smallest absolute Gasteiger partial charge is 0.311 e. The third-order valence-electron chi connectivity index (χ3n) is 4.24. The molecular formula is C20H16ClN3O7S. The van der Waals surface area contributed by atoms with Crippen LogP contribution in [0.4, 0.5) is 17.1 Å². The summed E-state index contributed by atoms with van der Waals surface area (Å²) in [6.07, 6.45) is 0. The number of methoxy groups -OCH3 is 1. The minimum atomic E-state index is -4.07. The summed E-state index contributed by atoms with van der Waals surface area (Å²) in [5.74, 6) is -1.24. The van der Waals surface area contributed by atoms with E-state index < -0.39 is 32.3 Å². The van der Waals surface area contributed by atoms with Gasteiger partial charge in [-0.3, -0.25) is 19.6 Å². The van der Waals surface area contributed by atoms with Crippen LogP contribution in [0.5, 0.6) is 11.5 Å². The van der Waals surface area contributed by atoms with E-state index in [4.69, 9.17) is 16.3 Å². The van der Waals surface area contributed by atoms with E-state index in [1.54, 1.807) is 12.1 Å². The zero-order valence-electron chi connectivity index (χ0n) is 16.4. The number of benzene rings is 3. The number of phenols is 1. The standard InChI is InChI=1S/C20H16ClN3O7S/c1-31-19-8-5-12(9-17(19)24(27)28)20(26)22-16-11-15(6-7-18(16)25)32(29,30)23-14-4-2-3-13(21)10-14/h2-11,23,25H,1H3,(H,22,26). The molecule has 12 heteroatoms. The molecule has 0 saturated carbocycles. The Morgan fingerprint density at radius 2 is 1.88 bits per heavy atom. The number of carbonyl (C=O) groups excluding carboxylic acids is 1. The van der Waals surface area contributed by atoms with Crippen LogP contribution in [0.3, 0.4) is 0 Å². The van der Waals surface area contributed by atoms with Gasteiger partial charge in [0.2, 0.25) is 0 Å². The van der Waals surface area contributed by atoms with Gasteiger partial charge in [0.15, 0.2) is 5.75 Å². The highest BCUT2D eigenvalue weighted by Gasteiger charge is 2.21. The number of sulfonamides is 1. The Bertz CT molecular complexity index is 1310. The predicted octanol–water partition coefficient (Wildman–Crippen LogP) is 4.02. The van der Waals surface area contributed by atoms with Crippen molar-refractivity contribution in [1.29, 1.82) is 0 Å². The SMILES string of the molecule is COc1ccc(C(=O)Nc2cc(S(=O)(=O)Nc3cccc(Cl)c3)ccc2O)cc1[N+](=O)[O-]. The number of hydrogen-bond acceptors (Lipinski definition) is 7. The topological polar surface area (TPSA) is 148 Å². The van der Waals surface area contributed by atoms with Crippen molar-refractivity contribution in [3.63, 3.8) is 0 Å². The number of ether oxygens (including phenoxy) is 1. The van der Waals surface area contributed by atoms with Gasteiger partial charge in [0, 0.05) is 16.7 Å². The fourth-order valence-electron chi connectivity index (χ4n) is 2.72. The first-order valence-corrected chi connectivity index (χ1v) is 10.7. The van der Waals surface area contributed by atoms with Gasteiger partial charge in [0.05, 0.1) is 28.3 Å². The van der Waals surface area contributed by atoms with Crippen LogP contribution in [0.25, 0.3) is 0 Å². The van der Waals surface area contributed by atoms with Crippen molar-refractivity contribution >= 4 is 44.6 Å². The van der Waals surface area contributed by atoms with Gasteiger partial charge in [-0.05, 0) is 48.5 Å². The fraction of sp³-hybridized carbons (Fsp3) is 0.0500. The first kappa shape index (κ1) is 22.8. The molecule has 166 valence electrons. The summed E-state index contributed by atoms with van der Waals surface area (Å²) in [6.45, 7) is 0. The summed E-state index contributed by atoms with van der Waals surface area (Å²) < 4.78 is 32.6. The molecule has 3 rings (SSSR count). The van der Waals surface area contributed by atoms with Crippen LogP contribution in [0.1, 0.15) is 10.4 Å². The lowest BCUT2D eigenvalue weighted by molar-refractivity contribution is -0.385. The summed E-state index contributed by atoms with van der Waals surface area (Å²) in [6, 6.07) is 12.9. The van der Waals surface area contributed by atoms with E-state index in [9.17, 15) is 28.4 Å². The predicted molar refractivity (Wildman–Crippen MR) is 118 cm³/mol. The number of nitro groups is 1. The Morgan fingerprint density at radius 1 is 1.12 bits per heavy atom. The van der Waals surface area contributed by atoms with E-state index in [0.717, 1.165) is 24.3 Å². The maximum absolute atomic E-state index is 12.7. The second-order valence-corrected chi connectivity index (χ2v) is 8.51. The molecule has 0 unspecified atom stereocenters. The zero-order chi connectivity index (χ0) is 23.5. The molecule has 0 spiro atoms. The molecule has 32 heavy (non-hydrogen) atoms. The maximum Gasteiger partial charge on any atom is 0.311 e. The molecule has 0 bridgehead atoms. The van der Waals surface area contributed by atoms with Crippen molar-refractivity contribution in [3.8, 4) is 11.5 Å². The molecule has 3 aromatic rings. The normalized spacial score (nSPS) is 10.9. The first-order chi connectivity index (χ1) is 15.1. The van der Waals surface area contributed by atoms with Gasteiger partial charge in [-0.1, -0.05) is 17.7 Å². The van der Waals surface area contributed by atoms with Gasteiger partial charge in [-0.15, -0.1) is 0 Å². The van der Waals surface area contributed by atoms with Gasteiger partial charge in [0.1, 0.15) is 5.75 Å². The highest BCUT2D eigenvalue weighted by molar-refractivity contribution is 7.92. The van der Waals surface area contributed by atoms with Gasteiger partial charge in [0.25, 0.3) is 15.9 Å². The quantitative estimate of drug-likeness (QED) is 0.264. The van der Waals surface area contributed by atoms with E-state index in [1.165, 1.54) is 31.4 Å². The second kappa shape index (κ2) is 9.12. The van der Waals surface area contributed by atoms with Crippen molar-refractivity contribution in [2.75, 3.05) is 17.1 Å². The largest absolute Gasteiger partial charge is 0.506 e. The maximum atomic E-state index is 12.7. The van der Waals surface area contributed by atoms with Crippen LogP contribution in [0, 0.1) is 10.1 Å². The Kier molecular flexibility index (Phi) is 6.51. The van der Waals surface area contributed by atoms with E-state index in [-0.39, 0.29) is 27.6 Å². The van der Waals surface area contributed by atoms with Crippen LogP contribution in [-0.4, -0.2) is 31.5 Å². The van der Waals surface area contributed by atoms with E-state index in [2.05, 4.69) is 10.0 Å². The number of aromatic hydroxyl groups is 1. The number of phenolic OH excluding ortho intramolecular Hbond substituents is 1. The van der Waals surface area contributed by atoms with Crippen LogP contribution in [-0.2, 0) is 10.0 Å². The number of hydrogen-bond donors (Lipinski definition) is 3. The van der Waals surface area contributed by atoms with Gasteiger partial charge >= 0.3 is 5.69 Å². The third kappa shape index (κ3) is 5.07. The number of amides is 1. The fourth-order valence-corrected chi connectivity index (χ4v) is 3.98. The Labute approximate surface area is 187 Å². The molecule has 10 nitrogen and oxygen atoms in total. The molecule has 1 amide bonds. The molecule has 0 heterocycles.